The average Bonchev–Trinajstić information content (AvgIpc) is 3.70. The molecule has 242 valence electrons. The number of carbonyl (C=O) groups is 1. The molecule has 2 saturated heterocycles. The van der Waals surface area contributed by atoms with E-state index in [1.54, 1.807) is 12.7 Å². The van der Waals surface area contributed by atoms with Crippen molar-refractivity contribution < 1.29 is 23.6 Å². The van der Waals surface area contributed by atoms with Gasteiger partial charge in [0.25, 0.3) is 0 Å². The third-order valence-corrected chi connectivity index (χ3v) is 14.2. The molecule has 1 aromatic carbocycles. The molecule has 4 aliphatic carbocycles. The van der Waals surface area contributed by atoms with Crippen molar-refractivity contribution in [2.24, 2.45) is 46.3 Å². The lowest BCUT2D eigenvalue weighted by Crippen LogP contribution is -2.52. The lowest BCUT2D eigenvalue weighted by Gasteiger charge is -2.58. The van der Waals surface area contributed by atoms with E-state index in [2.05, 4.69) is 57.1 Å². The van der Waals surface area contributed by atoms with Gasteiger partial charge in [0.2, 0.25) is 12.1 Å². The first-order valence-corrected chi connectivity index (χ1v) is 17.9. The lowest BCUT2D eigenvalue weighted by molar-refractivity contribution is -0.682. The van der Waals surface area contributed by atoms with Crippen LogP contribution in [-0.2, 0) is 16.0 Å². The van der Waals surface area contributed by atoms with E-state index in [0.717, 1.165) is 48.5 Å². The highest BCUT2D eigenvalue weighted by Crippen LogP contribution is 2.70. The third kappa shape index (κ3) is 4.63. The molecular formula is C39H53N2O4+. The van der Waals surface area contributed by atoms with Crippen molar-refractivity contribution >= 4 is 5.78 Å². The molecule has 0 N–H and O–H groups in total. The van der Waals surface area contributed by atoms with Crippen LogP contribution in [0.2, 0.25) is 0 Å². The Labute approximate surface area is 269 Å². The fourth-order valence-corrected chi connectivity index (χ4v) is 11.7. The van der Waals surface area contributed by atoms with Crippen LogP contribution in [-0.4, -0.2) is 36.0 Å². The van der Waals surface area contributed by atoms with Gasteiger partial charge in [0.15, 0.2) is 12.3 Å². The maximum absolute atomic E-state index is 12.9. The topological polar surface area (TPSA) is 53.6 Å². The Balaban J connectivity index is 0.953. The molecule has 11 atom stereocenters. The maximum Gasteiger partial charge on any atom is 0.244 e. The molecule has 0 bridgehead atoms. The summed E-state index contributed by atoms with van der Waals surface area (Å²) in [6, 6.07) is 7.87. The normalized spacial score (nSPS) is 43.6. The fraction of sp³-hybridized carbons (Fsp3) is 0.692. The van der Waals surface area contributed by atoms with Gasteiger partial charge in [-0.15, -0.1) is 0 Å². The maximum atomic E-state index is 12.9. The SMILES string of the molecule is COc1ccc(C(=O)C[n+]2ccn([C@H]3CC[C@@]4(C)C(=CC[C@H]5[C@@H]6C[C@@H]7O[C@]8(CC[C@@H](C)CO8)[C@@H](C)[C@@H]7[C@@]6(C)CC[C@@H]54)C3)c2)cc1. The molecule has 6 heteroatoms. The highest BCUT2D eigenvalue weighted by atomic mass is 16.7. The van der Waals surface area contributed by atoms with Crippen LogP contribution in [0.1, 0.15) is 102 Å². The molecule has 3 heterocycles. The molecule has 1 spiro atoms. The molecule has 6 nitrogen and oxygen atoms in total. The average molecular weight is 614 g/mol. The summed E-state index contributed by atoms with van der Waals surface area (Å²) in [4.78, 5) is 12.9. The van der Waals surface area contributed by atoms with Gasteiger partial charge in [0.05, 0.1) is 19.8 Å². The first kappa shape index (κ1) is 29.9. The molecule has 6 aliphatic rings. The molecule has 3 saturated carbocycles. The zero-order valence-corrected chi connectivity index (χ0v) is 28.0. The number of benzene rings is 1. The molecule has 1 aromatic heterocycles. The predicted octanol–water partition coefficient (Wildman–Crippen LogP) is 7.57. The van der Waals surface area contributed by atoms with Crippen molar-refractivity contribution in [3.63, 3.8) is 0 Å². The Hall–Kier alpha value is -2.44. The van der Waals surface area contributed by atoms with Crippen LogP contribution in [0.5, 0.6) is 5.75 Å². The van der Waals surface area contributed by atoms with Crippen LogP contribution in [0.4, 0.5) is 0 Å². The van der Waals surface area contributed by atoms with E-state index in [1.165, 1.54) is 44.9 Å². The van der Waals surface area contributed by atoms with Crippen molar-refractivity contribution in [1.82, 2.24) is 4.57 Å². The summed E-state index contributed by atoms with van der Waals surface area (Å²) in [6.07, 6.45) is 20.5. The Morgan fingerprint density at radius 3 is 2.64 bits per heavy atom. The molecule has 0 amide bonds. The largest absolute Gasteiger partial charge is 0.497 e. The number of Topliss-reactive ketones (excluding diaryl/α,β-unsaturated/α-hetero) is 1. The summed E-state index contributed by atoms with van der Waals surface area (Å²) >= 11 is 0. The van der Waals surface area contributed by atoms with Crippen molar-refractivity contribution in [3.05, 3.63) is 60.2 Å². The lowest BCUT2D eigenvalue weighted by atomic mass is 9.46. The van der Waals surface area contributed by atoms with Crippen LogP contribution in [0.25, 0.3) is 0 Å². The van der Waals surface area contributed by atoms with E-state index in [4.69, 9.17) is 14.2 Å². The first-order valence-electron chi connectivity index (χ1n) is 17.9. The third-order valence-electron chi connectivity index (χ3n) is 14.2. The molecule has 0 radical (unpaired) electrons. The highest BCUT2D eigenvalue weighted by Gasteiger charge is 2.68. The van der Waals surface area contributed by atoms with Gasteiger partial charge < -0.3 is 14.2 Å². The van der Waals surface area contributed by atoms with Gasteiger partial charge in [0, 0.05) is 24.3 Å². The van der Waals surface area contributed by atoms with Crippen LogP contribution < -0.4 is 9.30 Å². The van der Waals surface area contributed by atoms with Crippen LogP contribution in [0.3, 0.4) is 0 Å². The number of rotatable bonds is 5. The number of ketones is 1. The minimum atomic E-state index is -0.323. The Morgan fingerprint density at radius 1 is 1.07 bits per heavy atom. The number of hydrogen-bond donors (Lipinski definition) is 0. The van der Waals surface area contributed by atoms with E-state index < -0.39 is 0 Å². The number of imidazole rings is 1. The summed E-state index contributed by atoms with van der Waals surface area (Å²) in [5, 5.41) is 0. The molecule has 2 aromatic rings. The smallest absolute Gasteiger partial charge is 0.244 e. The predicted molar refractivity (Wildman–Crippen MR) is 173 cm³/mol. The summed E-state index contributed by atoms with van der Waals surface area (Å²) in [7, 11) is 1.65. The quantitative estimate of drug-likeness (QED) is 0.198. The van der Waals surface area contributed by atoms with Crippen molar-refractivity contribution in [3.8, 4) is 5.75 Å². The van der Waals surface area contributed by atoms with Gasteiger partial charge in [-0.25, -0.2) is 9.13 Å². The second-order valence-corrected chi connectivity index (χ2v) is 16.4. The fourth-order valence-electron chi connectivity index (χ4n) is 11.7. The van der Waals surface area contributed by atoms with E-state index >= 15 is 0 Å². The van der Waals surface area contributed by atoms with Gasteiger partial charge in [-0.05, 0) is 110 Å². The Kier molecular flexibility index (Phi) is 7.18. The van der Waals surface area contributed by atoms with Gasteiger partial charge in [0.1, 0.15) is 24.2 Å². The molecule has 5 fully saturated rings. The minimum Gasteiger partial charge on any atom is -0.497 e. The van der Waals surface area contributed by atoms with Crippen LogP contribution in [0.15, 0.2) is 54.6 Å². The van der Waals surface area contributed by atoms with Gasteiger partial charge in [-0.2, -0.15) is 0 Å². The van der Waals surface area contributed by atoms with Crippen molar-refractivity contribution in [2.45, 2.75) is 110 Å². The second-order valence-electron chi connectivity index (χ2n) is 16.4. The van der Waals surface area contributed by atoms with E-state index in [0.29, 0.717) is 47.3 Å². The molecule has 2 aliphatic heterocycles. The number of hydrogen-bond acceptors (Lipinski definition) is 4. The number of carbonyl (C=O) groups excluding carboxylic acids is 1. The van der Waals surface area contributed by atoms with Gasteiger partial charge in [-0.1, -0.05) is 39.3 Å². The standard InChI is InChI=1S/C39H53N2O4/c1-25-12-17-39(44-23-25)26(2)36-35(45-39)21-33-31-11-8-28-20-29(13-15-37(28,3)32(31)14-16-38(33,36)4)41-19-18-40(24-41)22-34(42)27-6-9-30(43-5)10-7-27/h6-10,18-19,24-26,29,31-33,35-36H,11-17,20-23H2,1-5H3/q+1/t25-,26+,29+,31-,32+,33+,35+,36+,37+,38+,39-/m1/s1. The molecular weight excluding hydrogens is 560 g/mol. The van der Waals surface area contributed by atoms with E-state index in [-0.39, 0.29) is 11.6 Å². The number of ether oxygens (including phenoxy) is 3. The highest BCUT2D eigenvalue weighted by molar-refractivity contribution is 5.95. The number of allylic oxidation sites excluding steroid dienone is 2. The van der Waals surface area contributed by atoms with E-state index in [1.807, 2.05) is 28.8 Å². The Bertz CT molecular complexity index is 1470. The van der Waals surface area contributed by atoms with Gasteiger partial charge >= 0.3 is 0 Å². The number of methoxy groups -OCH3 is 1. The van der Waals surface area contributed by atoms with Crippen molar-refractivity contribution in [2.75, 3.05) is 13.7 Å². The summed E-state index contributed by atoms with van der Waals surface area (Å²) in [6.45, 7) is 11.2. The van der Waals surface area contributed by atoms with Crippen LogP contribution in [0, 0.1) is 46.3 Å². The molecule has 0 unspecified atom stereocenters. The molecule has 8 rings (SSSR count). The number of nitrogens with zero attached hydrogens (tertiary/aromatic N) is 2. The zero-order valence-electron chi connectivity index (χ0n) is 28.0. The zero-order chi connectivity index (χ0) is 31.1. The molecule has 45 heavy (non-hydrogen) atoms. The summed E-state index contributed by atoms with van der Waals surface area (Å²) < 4.78 is 23.2. The monoisotopic (exact) mass is 613 g/mol. The summed E-state index contributed by atoms with van der Waals surface area (Å²) in [5.41, 5.74) is 3.09. The second kappa shape index (κ2) is 10.8. The van der Waals surface area contributed by atoms with E-state index in [9.17, 15) is 4.79 Å². The van der Waals surface area contributed by atoms with Crippen LogP contribution >= 0.6 is 0 Å². The van der Waals surface area contributed by atoms with Crippen molar-refractivity contribution in [1.29, 1.82) is 0 Å². The summed E-state index contributed by atoms with van der Waals surface area (Å²) in [5.74, 6) is 4.64. The number of aromatic nitrogens is 2. The Morgan fingerprint density at radius 2 is 1.89 bits per heavy atom. The minimum absolute atomic E-state index is 0.119. The number of fused-ring (bicyclic) bond motifs is 7. The van der Waals surface area contributed by atoms with Gasteiger partial charge in [-0.3, -0.25) is 4.79 Å². The first-order chi connectivity index (χ1) is 21.6.